The Bertz CT molecular complexity index is 1070. The molecule has 4 rings (SSSR count). The van der Waals surface area contributed by atoms with Gasteiger partial charge in [-0.05, 0) is 35.9 Å². The molecule has 2 heterocycles. The molecule has 0 fully saturated rings. The number of nitrogens with one attached hydrogen (secondary N) is 1. The van der Waals surface area contributed by atoms with Crippen molar-refractivity contribution in [1.82, 2.24) is 14.5 Å². The first-order chi connectivity index (χ1) is 12.3. The zero-order chi connectivity index (χ0) is 17.2. The number of anilines is 2. The van der Waals surface area contributed by atoms with Gasteiger partial charge in [-0.2, -0.15) is 5.26 Å². The van der Waals surface area contributed by atoms with Crippen LogP contribution in [0.25, 0.3) is 22.3 Å². The Kier molecular flexibility index (Phi) is 3.64. The van der Waals surface area contributed by atoms with Gasteiger partial charge < -0.3 is 9.88 Å². The van der Waals surface area contributed by atoms with Crippen LogP contribution in [0.2, 0.25) is 0 Å². The second kappa shape index (κ2) is 6.10. The number of hydrogen-bond donors (Lipinski definition) is 1. The topological polar surface area (TPSA) is 66.5 Å². The van der Waals surface area contributed by atoms with E-state index in [1.54, 1.807) is 18.5 Å². The van der Waals surface area contributed by atoms with Crippen LogP contribution in [0.4, 0.5) is 11.5 Å². The third-order valence-corrected chi connectivity index (χ3v) is 4.17. The van der Waals surface area contributed by atoms with Crippen LogP contribution in [0.5, 0.6) is 0 Å². The maximum absolute atomic E-state index is 8.91. The number of hydrogen-bond acceptors (Lipinski definition) is 4. The van der Waals surface area contributed by atoms with E-state index in [0.717, 1.165) is 33.8 Å². The average Bonchev–Trinajstić information content (AvgIpc) is 3.01. The van der Waals surface area contributed by atoms with Crippen LogP contribution >= 0.6 is 0 Å². The Morgan fingerprint density at radius 2 is 1.76 bits per heavy atom. The van der Waals surface area contributed by atoms with Gasteiger partial charge in [0, 0.05) is 12.7 Å². The highest BCUT2D eigenvalue weighted by Crippen LogP contribution is 2.30. The largest absolute Gasteiger partial charge is 0.340 e. The fraction of sp³-hybridized carbons (Fsp3) is 0.0500. The van der Waals surface area contributed by atoms with Gasteiger partial charge in [0.1, 0.15) is 17.8 Å². The Labute approximate surface area is 145 Å². The fourth-order valence-corrected chi connectivity index (χ4v) is 2.88. The molecule has 120 valence electrons. The molecule has 0 radical (unpaired) electrons. The minimum atomic E-state index is 0.629. The summed E-state index contributed by atoms with van der Waals surface area (Å²) in [7, 11) is 2.00. The third kappa shape index (κ3) is 2.70. The molecular formula is C20H15N5. The maximum atomic E-state index is 8.91. The predicted molar refractivity (Wildman–Crippen MR) is 98.4 cm³/mol. The number of aryl methyl sites for hydroxylation is 1. The van der Waals surface area contributed by atoms with Crippen molar-refractivity contribution in [3.8, 4) is 17.3 Å². The third-order valence-electron chi connectivity index (χ3n) is 4.17. The summed E-state index contributed by atoms with van der Waals surface area (Å²) in [5, 5.41) is 13.2. The molecule has 5 nitrogen and oxygen atoms in total. The fourth-order valence-electron chi connectivity index (χ4n) is 2.88. The van der Waals surface area contributed by atoms with E-state index in [1.807, 2.05) is 37.4 Å². The molecule has 0 aliphatic heterocycles. The Morgan fingerprint density at radius 3 is 2.48 bits per heavy atom. The van der Waals surface area contributed by atoms with Crippen molar-refractivity contribution in [1.29, 1.82) is 5.26 Å². The number of benzene rings is 2. The van der Waals surface area contributed by atoms with E-state index < -0.39 is 0 Å². The highest BCUT2D eigenvalue weighted by Gasteiger charge is 2.13. The van der Waals surface area contributed by atoms with E-state index in [-0.39, 0.29) is 0 Å². The molecule has 0 amide bonds. The van der Waals surface area contributed by atoms with E-state index >= 15 is 0 Å². The summed E-state index contributed by atoms with van der Waals surface area (Å²) in [6.07, 6.45) is 1.56. The lowest BCUT2D eigenvalue weighted by Gasteiger charge is -2.06. The van der Waals surface area contributed by atoms with Crippen LogP contribution in [-0.2, 0) is 7.05 Å². The van der Waals surface area contributed by atoms with E-state index in [9.17, 15) is 0 Å². The van der Waals surface area contributed by atoms with Crippen molar-refractivity contribution in [2.75, 3.05) is 5.32 Å². The molecule has 2 aromatic carbocycles. The average molecular weight is 325 g/mol. The lowest BCUT2D eigenvalue weighted by atomic mass is 10.1. The summed E-state index contributed by atoms with van der Waals surface area (Å²) in [6, 6.07) is 21.7. The molecule has 0 aliphatic rings. The molecule has 5 heteroatoms. The summed E-state index contributed by atoms with van der Waals surface area (Å²) in [5.74, 6) is 0.743. The zero-order valence-electron chi connectivity index (χ0n) is 13.6. The van der Waals surface area contributed by atoms with Crippen molar-refractivity contribution in [3.05, 3.63) is 72.6 Å². The molecule has 4 aromatic rings. The highest BCUT2D eigenvalue weighted by molar-refractivity contribution is 5.93. The first-order valence-corrected chi connectivity index (χ1v) is 7.89. The normalized spacial score (nSPS) is 10.6. The van der Waals surface area contributed by atoms with Crippen LogP contribution < -0.4 is 5.32 Å². The molecule has 0 saturated heterocycles. The molecule has 0 unspecified atom stereocenters. The zero-order valence-corrected chi connectivity index (χ0v) is 13.6. The number of nitrogens with zero attached hydrogens (tertiary/aromatic N) is 4. The van der Waals surface area contributed by atoms with Gasteiger partial charge in [0.05, 0.1) is 22.7 Å². The van der Waals surface area contributed by atoms with Crippen molar-refractivity contribution in [2.24, 2.45) is 7.05 Å². The number of aromatic nitrogens is 3. The molecule has 0 saturated carbocycles. The Morgan fingerprint density at radius 1 is 1.00 bits per heavy atom. The van der Waals surface area contributed by atoms with Crippen molar-refractivity contribution >= 4 is 22.5 Å². The quantitative estimate of drug-likeness (QED) is 0.611. The van der Waals surface area contributed by atoms with Crippen LogP contribution in [0.15, 0.2) is 67.0 Å². The van der Waals surface area contributed by atoms with Crippen LogP contribution in [0.1, 0.15) is 5.56 Å². The standard InChI is InChI=1S/C20H15N5/c1-25-18(15-5-3-2-4-6-15)11-17-19(22-13-23-20(17)25)24-16-9-7-14(12-21)8-10-16/h2-11,13H,1H3,(H,22,23,24). The minimum Gasteiger partial charge on any atom is -0.340 e. The minimum absolute atomic E-state index is 0.629. The number of fused-ring (bicyclic) bond motifs is 1. The molecule has 0 bridgehead atoms. The van der Waals surface area contributed by atoms with Gasteiger partial charge in [0.15, 0.2) is 0 Å². The van der Waals surface area contributed by atoms with Crippen LogP contribution in [-0.4, -0.2) is 14.5 Å². The van der Waals surface area contributed by atoms with Gasteiger partial charge in [-0.1, -0.05) is 30.3 Å². The summed E-state index contributed by atoms with van der Waals surface area (Å²) in [4.78, 5) is 8.82. The summed E-state index contributed by atoms with van der Waals surface area (Å²) in [6.45, 7) is 0. The van der Waals surface area contributed by atoms with Gasteiger partial charge >= 0.3 is 0 Å². The summed E-state index contributed by atoms with van der Waals surface area (Å²) < 4.78 is 2.07. The van der Waals surface area contributed by atoms with Crippen LogP contribution in [0, 0.1) is 11.3 Å². The van der Waals surface area contributed by atoms with Gasteiger partial charge in [-0.25, -0.2) is 9.97 Å². The van der Waals surface area contributed by atoms with Gasteiger partial charge in [0.25, 0.3) is 0 Å². The highest BCUT2D eigenvalue weighted by atomic mass is 15.1. The van der Waals surface area contributed by atoms with Crippen molar-refractivity contribution in [3.63, 3.8) is 0 Å². The Hall–Kier alpha value is -3.65. The summed E-state index contributed by atoms with van der Waals surface area (Å²) in [5.41, 5.74) is 4.59. The molecule has 0 atom stereocenters. The smallest absolute Gasteiger partial charge is 0.145 e. The first kappa shape index (κ1) is 14.9. The van der Waals surface area contributed by atoms with Gasteiger partial charge in [-0.15, -0.1) is 0 Å². The van der Waals surface area contributed by atoms with E-state index in [4.69, 9.17) is 5.26 Å². The number of nitriles is 1. The number of rotatable bonds is 3. The van der Waals surface area contributed by atoms with Gasteiger partial charge in [-0.3, -0.25) is 0 Å². The predicted octanol–water partition coefficient (Wildman–Crippen LogP) is 4.25. The van der Waals surface area contributed by atoms with E-state index in [0.29, 0.717) is 5.56 Å². The molecular weight excluding hydrogens is 310 g/mol. The SMILES string of the molecule is Cn1c(-c2ccccc2)cc2c(Nc3ccc(C#N)cc3)ncnc21. The van der Waals surface area contributed by atoms with Gasteiger partial charge in [0.2, 0.25) is 0 Å². The maximum Gasteiger partial charge on any atom is 0.145 e. The molecule has 1 N–H and O–H groups in total. The second-order valence-corrected chi connectivity index (χ2v) is 5.73. The lowest BCUT2D eigenvalue weighted by Crippen LogP contribution is -1.97. The molecule has 25 heavy (non-hydrogen) atoms. The van der Waals surface area contributed by atoms with Crippen molar-refractivity contribution in [2.45, 2.75) is 0 Å². The first-order valence-electron chi connectivity index (χ1n) is 7.89. The second-order valence-electron chi connectivity index (χ2n) is 5.73. The van der Waals surface area contributed by atoms with E-state index in [1.165, 1.54) is 0 Å². The van der Waals surface area contributed by atoms with E-state index in [2.05, 4.69) is 44.1 Å². The molecule has 0 spiro atoms. The lowest BCUT2D eigenvalue weighted by molar-refractivity contribution is 0.952. The van der Waals surface area contributed by atoms with Crippen molar-refractivity contribution < 1.29 is 0 Å². The molecule has 0 aliphatic carbocycles. The summed E-state index contributed by atoms with van der Waals surface area (Å²) >= 11 is 0. The molecule has 2 aromatic heterocycles. The monoisotopic (exact) mass is 325 g/mol. The van der Waals surface area contributed by atoms with Crippen LogP contribution in [0.3, 0.4) is 0 Å². The Balaban J connectivity index is 1.78.